The molecule has 0 unspecified atom stereocenters. The first-order valence-corrected chi connectivity index (χ1v) is 6.23. The predicted octanol–water partition coefficient (Wildman–Crippen LogP) is 1.65. The SMILES string of the molecule is CCN(CC(C)(C)O)c1ccc(N)cc1C(=O)OC. The maximum Gasteiger partial charge on any atom is 0.340 e. The molecule has 0 aliphatic rings. The van der Waals surface area contributed by atoms with E-state index < -0.39 is 11.6 Å². The molecule has 0 aliphatic heterocycles. The summed E-state index contributed by atoms with van der Waals surface area (Å²) in [5.74, 6) is -0.434. The number of methoxy groups -OCH3 is 1. The fourth-order valence-electron chi connectivity index (χ4n) is 1.94. The summed E-state index contributed by atoms with van der Waals surface area (Å²) in [7, 11) is 1.33. The summed E-state index contributed by atoms with van der Waals surface area (Å²) in [5.41, 5.74) is 6.48. The Labute approximate surface area is 114 Å². The van der Waals surface area contributed by atoms with Crippen LogP contribution in [0, 0.1) is 0 Å². The van der Waals surface area contributed by atoms with Crippen molar-refractivity contribution in [2.75, 3.05) is 30.8 Å². The highest BCUT2D eigenvalue weighted by Gasteiger charge is 2.22. The lowest BCUT2D eigenvalue weighted by molar-refractivity contribution is 0.0599. The molecule has 1 aromatic rings. The van der Waals surface area contributed by atoms with Gasteiger partial charge in [0.05, 0.1) is 24.0 Å². The van der Waals surface area contributed by atoms with E-state index in [1.165, 1.54) is 7.11 Å². The number of aliphatic hydroxyl groups is 1. The second-order valence-corrected chi connectivity index (χ2v) is 5.09. The molecule has 0 spiro atoms. The van der Waals surface area contributed by atoms with E-state index in [4.69, 9.17) is 10.5 Å². The zero-order chi connectivity index (χ0) is 14.6. The quantitative estimate of drug-likeness (QED) is 0.626. The number of hydrogen-bond acceptors (Lipinski definition) is 5. The van der Waals surface area contributed by atoms with E-state index in [1.807, 2.05) is 11.8 Å². The monoisotopic (exact) mass is 266 g/mol. The minimum Gasteiger partial charge on any atom is -0.465 e. The van der Waals surface area contributed by atoms with Gasteiger partial charge in [0.1, 0.15) is 0 Å². The molecule has 1 rings (SSSR count). The standard InChI is InChI=1S/C14H22N2O3/c1-5-16(9-14(2,3)18)12-7-6-10(15)8-11(12)13(17)19-4/h6-8,18H,5,9,15H2,1-4H3. The molecule has 0 aliphatic carbocycles. The van der Waals surface area contributed by atoms with Gasteiger partial charge >= 0.3 is 5.97 Å². The fourth-order valence-corrected chi connectivity index (χ4v) is 1.94. The highest BCUT2D eigenvalue weighted by Crippen LogP contribution is 2.25. The van der Waals surface area contributed by atoms with Gasteiger partial charge in [0.2, 0.25) is 0 Å². The minimum atomic E-state index is -0.856. The van der Waals surface area contributed by atoms with Crippen molar-refractivity contribution in [3.05, 3.63) is 23.8 Å². The molecule has 0 radical (unpaired) electrons. The Morgan fingerprint density at radius 2 is 2.11 bits per heavy atom. The second kappa shape index (κ2) is 5.93. The molecule has 0 heterocycles. The summed E-state index contributed by atoms with van der Waals surface area (Å²) < 4.78 is 4.77. The van der Waals surface area contributed by atoms with E-state index in [1.54, 1.807) is 32.0 Å². The van der Waals surface area contributed by atoms with Gasteiger partial charge in [-0.2, -0.15) is 0 Å². The van der Waals surface area contributed by atoms with Crippen LogP contribution >= 0.6 is 0 Å². The highest BCUT2D eigenvalue weighted by atomic mass is 16.5. The first-order valence-electron chi connectivity index (χ1n) is 6.23. The third kappa shape index (κ3) is 4.13. The zero-order valence-corrected chi connectivity index (χ0v) is 11.9. The molecule has 106 valence electrons. The Balaban J connectivity index is 3.19. The van der Waals surface area contributed by atoms with Crippen LogP contribution < -0.4 is 10.6 Å². The first kappa shape index (κ1) is 15.3. The molecule has 0 saturated carbocycles. The molecule has 1 aromatic carbocycles. The van der Waals surface area contributed by atoms with Crippen molar-refractivity contribution in [2.45, 2.75) is 26.4 Å². The number of hydrogen-bond donors (Lipinski definition) is 2. The maximum atomic E-state index is 11.8. The molecule has 5 heteroatoms. The van der Waals surface area contributed by atoms with Crippen LogP contribution in [0.1, 0.15) is 31.1 Å². The fraction of sp³-hybridized carbons (Fsp3) is 0.500. The van der Waals surface area contributed by atoms with Crippen LogP contribution in [0.15, 0.2) is 18.2 Å². The third-order valence-electron chi connectivity index (χ3n) is 2.73. The molecule has 0 amide bonds. The lowest BCUT2D eigenvalue weighted by Crippen LogP contribution is -2.39. The van der Waals surface area contributed by atoms with Gasteiger partial charge in [-0.1, -0.05) is 0 Å². The van der Waals surface area contributed by atoms with Gasteiger partial charge < -0.3 is 20.5 Å². The summed E-state index contributed by atoms with van der Waals surface area (Å²) in [6, 6.07) is 5.10. The van der Waals surface area contributed by atoms with Crippen LogP contribution in [-0.4, -0.2) is 36.9 Å². The van der Waals surface area contributed by atoms with Gasteiger partial charge in [0.25, 0.3) is 0 Å². The van der Waals surface area contributed by atoms with Crippen molar-refractivity contribution in [3.8, 4) is 0 Å². The van der Waals surface area contributed by atoms with E-state index in [0.29, 0.717) is 30.0 Å². The number of carbonyl (C=O) groups is 1. The average Bonchev–Trinajstić information content (AvgIpc) is 2.34. The molecule has 0 bridgehead atoms. The van der Waals surface area contributed by atoms with E-state index in [-0.39, 0.29) is 0 Å². The maximum absolute atomic E-state index is 11.8. The number of nitrogens with two attached hydrogens (primary N) is 1. The Morgan fingerprint density at radius 1 is 1.47 bits per heavy atom. The van der Waals surface area contributed by atoms with Crippen LogP contribution in [-0.2, 0) is 4.74 Å². The molecule has 0 aromatic heterocycles. The lowest BCUT2D eigenvalue weighted by atomic mass is 10.1. The highest BCUT2D eigenvalue weighted by molar-refractivity contribution is 5.97. The van der Waals surface area contributed by atoms with E-state index >= 15 is 0 Å². The van der Waals surface area contributed by atoms with Crippen molar-refractivity contribution in [1.82, 2.24) is 0 Å². The number of nitrogen functional groups attached to an aromatic ring is 1. The summed E-state index contributed by atoms with van der Waals surface area (Å²) in [5, 5.41) is 9.94. The lowest BCUT2D eigenvalue weighted by Gasteiger charge is -2.31. The van der Waals surface area contributed by atoms with Gasteiger partial charge in [0.15, 0.2) is 0 Å². The molecule has 19 heavy (non-hydrogen) atoms. The molecule has 3 N–H and O–H groups in total. The van der Waals surface area contributed by atoms with Gasteiger partial charge in [-0.25, -0.2) is 4.79 Å². The number of benzene rings is 1. The Morgan fingerprint density at radius 3 is 2.58 bits per heavy atom. The van der Waals surface area contributed by atoms with Gasteiger partial charge in [0, 0.05) is 18.8 Å². The van der Waals surface area contributed by atoms with Crippen LogP contribution in [0.3, 0.4) is 0 Å². The molecular weight excluding hydrogens is 244 g/mol. The van der Waals surface area contributed by atoms with Crippen LogP contribution in [0.25, 0.3) is 0 Å². The number of nitrogens with zero attached hydrogens (tertiary/aromatic N) is 1. The zero-order valence-electron chi connectivity index (χ0n) is 11.9. The van der Waals surface area contributed by atoms with Crippen LogP contribution in [0.4, 0.5) is 11.4 Å². The minimum absolute atomic E-state index is 0.411. The largest absolute Gasteiger partial charge is 0.465 e. The van der Waals surface area contributed by atoms with Crippen molar-refractivity contribution in [3.63, 3.8) is 0 Å². The number of rotatable bonds is 5. The van der Waals surface area contributed by atoms with Crippen molar-refractivity contribution < 1.29 is 14.6 Å². The van der Waals surface area contributed by atoms with Gasteiger partial charge in [-0.3, -0.25) is 0 Å². The van der Waals surface area contributed by atoms with Crippen molar-refractivity contribution in [1.29, 1.82) is 0 Å². The van der Waals surface area contributed by atoms with Crippen molar-refractivity contribution in [2.24, 2.45) is 0 Å². The number of anilines is 2. The Kier molecular flexibility index (Phi) is 4.78. The third-order valence-corrected chi connectivity index (χ3v) is 2.73. The van der Waals surface area contributed by atoms with E-state index in [2.05, 4.69) is 0 Å². The molecule has 0 saturated heterocycles. The number of esters is 1. The summed E-state index contributed by atoms with van der Waals surface area (Å²) in [6.45, 7) is 6.49. The summed E-state index contributed by atoms with van der Waals surface area (Å²) >= 11 is 0. The normalized spacial score (nSPS) is 11.2. The average molecular weight is 266 g/mol. The molecule has 0 fully saturated rings. The van der Waals surface area contributed by atoms with Crippen molar-refractivity contribution >= 4 is 17.3 Å². The summed E-state index contributed by atoms with van der Waals surface area (Å²) in [4.78, 5) is 13.7. The number of likely N-dealkylation sites (N-methyl/N-ethyl adjacent to an activating group) is 1. The molecule has 0 atom stereocenters. The van der Waals surface area contributed by atoms with Gasteiger partial charge in [-0.05, 0) is 39.0 Å². The number of ether oxygens (including phenoxy) is 1. The first-order chi connectivity index (χ1) is 8.78. The molecule has 5 nitrogen and oxygen atoms in total. The topological polar surface area (TPSA) is 75.8 Å². The Bertz CT molecular complexity index is 452. The summed E-state index contributed by atoms with van der Waals surface area (Å²) in [6.07, 6.45) is 0. The second-order valence-electron chi connectivity index (χ2n) is 5.09. The van der Waals surface area contributed by atoms with Crippen LogP contribution in [0.5, 0.6) is 0 Å². The van der Waals surface area contributed by atoms with Gasteiger partial charge in [-0.15, -0.1) is 0 Å². The van der Waals surface area contributed by atoms with E-state index in [9.17, 15) is 9.90 Å². The number of carbonyl (C=O) groups excluding carboxylic acids is 1. The predicted molar refractivity (Wildman–Crippen MR) is 76.4 cm³/mol. The molecular formula is C14H22N2O3. The Hall–Kier alpha value is -1.75. The smallest absolute Gasteiger partial charge is 0.340 e. The van der Waals surface area contributed by atoms with Crippen LogP contribution in [0.2, 0.25) is 0 Å². The van der Waals surface area contributed by atoms with E-state index in [0.717, 1.165) is 0 Å².